The lowest BCUT2D eigenvalue weighted by Gasteiger charge is -2.19. The molecule has 1 aromatic rings. The van der Waals surface area contributed by atoms with Crippen LogP contribution in [0.2, 0.25) is 0 Å². The second-order valence-electron chi connectivity index (χ2n) is 5.02. The summed E-state index contributed by atoms with van der Waals surface area (Å²) in [5.74, 6) is 0. The van der Waals surface area contributed by atoms with Crippen LogP contribution in [-0.4, -0.2) is 23.2 Å². The number of ether oxygens (including phenoxy) is 1. The van der Waals surface area contributed by atoms with Crippen LogP contribution < -0.4 is 16.8 Å². The van der Waals surface area contributed by atoms with Gasteiger partial charge in [-0.1, -0.05) is 12.2 Å². The van der Waals surface area contributed by atoms with Gasteiger partial charge in [-0.3, -0.25) is 4.98 Å². The smallest absolute Gasteiger partial charge is 0.407 e. The Morgan fingerprint density at radius 2 is 2.11 bits per heavy atom. The van der Waals surface area contributed by atoms with Crippen LogP contribution in [0.1, 0.15) is 26.3 Å². The summed E-state index contributed by atoms with van der Waals surface area (Å²) < 4.78 is 5.09. The minimum Gasteiger partial charge on any atom is -0.444 e. The topological polar surface area (TPSA) is 103 Å². The maximum Gasteiger partial charge on any atom is 0.407 e. The molecule has 0 saturated heterocycles. The summed E-state index contributed by atoms with van der Waals surface area (Å²) >= 11 is 0. The van der Waals surface area contributed by atoms with E-state index in [1.165, 1.54) is 6.20 Å². The predicted octanol–water partition coefficient (Wildman–Crippen LogP) is 1.78. The maximum absolute atomic E-state index is 11.4. The van der Waals surface area contributed by atoms with E-state index >= 15 is 0 Å². The predicted molar refractivity (Wildman–Crippen MR) is 76.3 cm³/mol. The number of anilines is 2. The van der Waals surface area contributed by atoms with Crippen molar-refractivity contribution in [2.24, 2.45) is 0 Å². The van der Waals surface area contributed by atoms with E-state index in [0.29, 0.717) is 23.5 Å². The fourth-order valence-corrected chi connectivity index (χ4v) is 1.28. The number of nitrogen functional groups attached to an aromatic ring is 2. The van der Waals surface area contributed by atoms with Crippen molar-refractivity contribution < 1.29 is 9.53 Å². The zero-order valence-corrected chi connectivity index (χ0v) is 11.4. The number of nitrogens with one attached hydrogen (secondary N) is 1. The summed E-state index contributed by atoms with van der Waals surface area (Å²) in [6.07, 6.45) is 6.13. The quantitative estimate of drug-likeness (QED) is 0.772. The third-order valence-electron chi connectivity index (χ3n) is 2.11. The summed E-state index contributed by atoms with van der Waals surface area (Å²) in [7, 11) is 0. The Balaban J connectivity index is 2.47. The van der Waals surface area contributed by atoms with Gasteiger partial charge in [0.05, 0.1) is 17.6 Å². The van der Waals surface area contributed by atoms with Crippen molar-refractivity contribution >= 4 is 23.5 Å². The molecule has 1 rings (SSSR count). The number of aromatic nitrogens is 1. The van der Waals surface area contributed by atoms with E-state index in [1.54, 1.807) is 18.3 Å². The number of carbonyl (C=O) groups is 1. The molecule has 0 saturated carbocycles. The van der Waals surface area contributed by atoms with Crippen LogP contribution in [0.3, 0.4) is 0 Å². The van der Waals surface area contributed by atoms with Gasteiger partial charge < -0.3 is 21.5 Å². The Bertz CT molecular complexity index is 478. The number of hydrogen-bond donors (Lipinski definition) is 3. The average Bonchev–Trinajstić information content (AvgIpc) is 2.27. The molecule has 0 aliphatic heterocycles. The van der Waals surface area contributed by atoms with Crippen molar-refractivity contribution in [2.45, 2.75) is 26.4 Å². The lowest BCUT2D eigenvalue weighted by Crippen LogP contribution is -2.32. The Kier molecular flexibility index (Phi) is 4.74. The molecule has 0 atom stereocenters. The Morgan fingerprint density at radius 3 is 2.74 bits per heavy atom. The highest BCUT2D eigenvalue weighted by Gasteiger charge is 2.14. The standard InChI is InChI=1S/C13H20N4O2/c1-13(2,3)19-12(18)17-6-4-5-9-7-16-8-10(14)11(9)15/h4-5,7-8H,6,14H2,1-3H3,(H2,15,16)(H,17,18). The van der Waals surface area contributed by atoms with Crippen LogP contribution in [-0.2, 0) is 4.74 Å². The lowest BCUT2D eigenvalue weighted by molar-refractivity contribution is 0.0534. The van der Waals surface area contributed by atoms with Crippen molar-refractivity contribution in [3.05, 3.63) is 24.0 Å². The molecular weight excluding hydrogens is 244 g/mol. The molecule has 0 bridgehead atoms. The average molecular weight is 264 g/mol. The van der Waals surface area contributed by atoms with Crippen molar-refractivity contribution in [1.29, 1.82) is 0 Å². The molecule has 0 fully saturated rings. The Hall–Kier alpha value is -2.24. The number of carbonyl (C=O) groups excluding carboxylic acids is 1. The second kappa shape index (κ2) is 6.08. The van der Waals surface area contributed by atoms with E-state index < -0.39 is 11.7 Å². The van der Waals surface area contributed by atoms with Gasteiger partial charge in [0.1, 0.15) is 5.60 Å². The van der Waals surface area contributed by atoms with Crippen LogP contribution in [0.25, 0.3) is 6.08 Å². The molecule has 6 nitrogen and oxygen atoms in total. The molecule has 6 heteroatoms. The molecule has 1 heterocycles. The van der Waals surface area contributed by atoms with Crippen LogP contribution >= 0.6 is 0 Å². The summed E-state index contributed by atoms with van der Waals surface area (Å²) in [6, 6.07) is 0. The van der Waals surface area contributed by atoms with Gasteiger partial charge >= 0.3 is 6.09 Å². The molecule has 0 unspecified atom stereocenters. The van der Waals surface area contributed by atoms with Gasteiger partial charge in [-0.25, -0.2) is 4.79 Å². The molecule has 104 valence electrons. The third-order valence-corrected chi connectivity index (χ3v) is 2.11. The molecule has 1 aromatic heterocycles. The summed E-state index contributed by atoms with van der Waals surface area (Å²) in [6.45, 7) is 5.76. The Labute approximate surface area is 112 Å². The van der Waals surface area contributed by atoms with Crippen LogP contribution in [0.15, 0.2) is 18.5 Å². The molecule has 0 aliphatic carbocycles. The normalized spacial score (nSPS) is 11.5. The number of amides is 1. The van der Waals surface area contributed by atoms with Gasteiger partial charge in [0.2, 0.25) is 0 Å². The van der Waals surface area contributed by atoms with Crippen molar-refractivity contribution in [3.8, 4) is 0 Å². The molecule has 0 spiro atoms. The monoisotopic (exact) mass is 264 g/mol. The van der Waals surface area contributed by atoms with E-state index in [0.717, 1.165) is 0 Å². The first-order valence-electron chi connectivity index (χ1n) is 5.92. The summed E-state index contributed by atoms with van der Waals surface area (Å²) in [5, 5.41) is 2.60. The highest BCUT2D eigenvalue weighted by molar-refractivity contribution is 5.74. The van der Waals surface area contributed by atoms with Gasteiger partial charge in [0, 0.05) is 18.3 Å². The van der Waals surface area contributed by atoms with E-state index in [-0.39, 0.29) is 0 Å². The fraction of sp³-hybridized carbons (Fsp3) is 0.385. The van der Waals surface area contributed by atoms with Gasteiger partial charge in [-0.2, -0.15) is 0 Å². The molecular formula is C13H20N4O2. The molecule has 1 amide bonds. The highest BCUT2D eigenvalue weighted by Crippen LogP contribution is 2.18. The number of nitrogens with zero attached hydrogens (tertiary/aromatic N) is 1. The molecule has 19 heavy (non-hydrogen) atoms. The van der Waals surface area contributed by atoms with E-state index in [1.807, 2.05) is 20.8 Å². The summed E-state index contributed by atoms with van der Waals surface area (Å²) in [4.78, 5) is 15.3. The van der Waals surface area contributed by atoms with Gasteiger partial charge in [0.25, 0.3) is 0 Å². The number of rotatable bonds is 3. The van der Waals surface area contributed by atoms with Gasteiger partial charge in [-0.15, -0.1) is 0 Å². The van der Waals surface area contributed by atoms with E-state index in [4.69, 9.17) is 16.2 Å². The van der Waals surface area contributed by atoms with Crippen LogP contribution in [0.5, 0.6) is 0 Å². The lowest BCUT2D eigenvalue weighted by atomic mass is 10.2. The maximum atomic E-state index is 11.4. The Morgan fingerprint density at radius 1 is 1.42 bits per heavy atom. The van der Waals surface area contributed by atoms with Crippen molar-refractivity contribution in [1.82, 2.24) is 10.3 Å². The second-order valence-corrected chi connectivity index (χ2v) is 5.02. The zero-order chi connectivity index (χ0) is 14.5. The number of hydrogen-bond acceptors (Lipinski definition) is 5. The fourth-order valence-electron chi connectivity index (χ4n) is 1.28. The first-order chi connectivity index (χ1) is 8.79. The van der Waals surface area contributed by atoms with Crippen LogP contribution in [0, 0.1) is 0 Å². The number of alkyl carbamates (subject to hydrolysis) is 1. The SMILES string of the molecule is CC(C)(C)OC(=O)NCC=Cc1cncc(N)c1N. The minimum atomic E-state index is -0.504. The van der Waals surface area contributed by atoms with Crippen molar-refractivity contribution in [2.75, 3.05) is 18.0 Å². The van der Waals surface area contributed by atoms with Gasteiger partial charge in [-0.05, 0) is 20.8 Å². The molecule has 5 N–H and O–H groups in total. The van der Waals surface area contributed by atoms with Gasteiger partial charge in [0.15, 0.2) is 0 Å². The van der Waals surface area contributed by atoms with E-state index in [9.17, 15) is 4.79 Å². The summed E-state index contributed by atoms with van der Waals surface area (Å²) in [5.41, 5.74) is 12.5. The van der Waals surface area contributed by atoms with E-state index in [2.05, 4.69) is 10.3 Å². The number of nitrogens with two attached hydrogens (primary N) is 2. The molecule has 0 radical (unpaired) electrons. The first-order valence-corrected chi connectivity index (χ1v) is 5.92. The highest BCUT2D eigenvalue weighted by atomic mass is 16.6. The van der Waals surface area contributed by atoms with Crippen molar-refractivity contribution in [3.63, 3.8) is 0 Å². The minimum absolute atomic E-state index is 0.336. The molecule has 0 aromatic carbocycles. The first kappa shape index (κ1) is 14.8. The zero-order valence-electron chi connectivity index (χ0n) is 11.4. The van der Waals surface area contributed by atoms with Crippen LogP contribution in [0.4, 0.5) is 16.2 Å². The largest absolute Gasteiger partial charge is 0.444 e. The third kappa shape index (κ3) is 5.29. The molecule has 0 aliphatic rings. The number of pyridine rings is 1.